The summed E-state index contributed by atoms with van der Waals surface area (Å²) >= 11 is 0. The lowest BCUT2D eigenvalue weighted by molar-refractivity contribution is -0.274. The SMILES string of the molecule is CCCCCc1cc(OC(F)(F)F)c2c(c1)OC(C)(C)c1ccc(C)cc1-2.CCCCCc1cc(OC(F)F)c2c(c1)OC(C)(C)c1ccc(C)cc1-2. The van der Waals surface area contributed by atoms with Crippen LogP contribution in [0, 0.1) is 13.8 Å². The lowest BCUT2D eigenvalue weighted by atomic mass is 9.84. The van der Waals surface area contributed by atoms with Crippen LogP contribution in [0.4, 0.5) is 22.0 Å². The largest absolute Gasteiger partial charge is 0.573 e. The molecule has 0 fully saturated rings. The Morgan fingerprint density at radius 3 is 1.47 bits per heavy atom. The molecule has 2 heterocycles. The van der Waals surface area contributed by atoms with Crippen LogP contribution in [0.25, 0.3) is 22.3 Å². The Balaban J connectivity index is 0.000000204. The fourth-order valence-electron chi connectivity index (χ4n) is 7.26. The van der Waals surface area contributed by atoms with Crippen LogP contribution >= 0.6 is 0 Å². The highest BCUT2D eigenvalue weighted by atomic mass is 19.4. The Bertz CT molecular complexity index is 1890. The molecule has 0 N–H and O–H groups in total. The molecule has 53 heavy (non-hydrogen) atoms. The molecule has 0 aliphatic carbocycles. The van der Waals surface area contributed by atoms with Crippen LogP contribution in [0.1, 0.15) is 113 Å². The van der Waals surface area contributed by atoms with E-state index in [1.807, 2.05) is 90.1 Å². The van der Waals surface area contributed by atoms with Gasteiger partial charge in [0.1, 0.15) is 34.2 Å². The van der Waals surface area contributed by atoms with Crippen molar-refractivity contribution in [2.24, 2.45) is 0 Å². The molecule has 0 radical (unpaired) electrons. The minimum Gasteiger partial charge on any atom is -0.482 e. The number of alkyl halides is 5. The van der Waals surface area contributed by atoms with E-state index in [4.69, 9.17) is 14.2 Å². The second kappa shape index (κ2) is 16.0. The molecule has 0 amide bonds. The highest BCUT2D eigenvalue weighted by Crippen LogP contribution is 2.52. The maximum atomic E-state index is 13.1. The number of ether oxygens (including phenoxy) is 4. The summed E-state index contributed by atoms with van der Waals surface area (Å²) in [6.45, 7) is 13.1. The summed E-state index contributed by atoms with van der Waals surface area (Å²) in [5.41, 5.74) is 7.14. The van der Waals surface area contributed by atoms with Crippen molar-refractivity contribution in [1.29, 1.82) is 0 Å². The van der Waals surface area contributed by atoms with Gasteiger partial charge in [0.15, 0.2) is 0 Å². The predicted octanol–water partition coefficient (Wildman–Crippen LogP) is 13.5. The summed E-state index contributed by atoms with van der Waals surface area (Å²) in [5, 5.41) is 0. The van der Waals surface area contributed by atoms with Crippen LogP contribution in [0.15, 0.2) is 60.7 Å². The van der Waals surface area contributed by atoms with Gasteiger partial charge in [-0.1, -0.05) is 87.1 Å². The number of halogens is 5. The van der Waals surface area contributed by atoms with E-state index in [1.165, 1.54) is 6.07 Å². The maximum absolute atomic E-state index is 13.1. The molecule has 286 valence electrons. The Kier molecular flexibility index (Phi) is 12.0. The fraction of sp³-hybridized carbons (Fsp3) is 0.455. The van der Waals surface area contributed by atoms with Gasteiger partial charge in [0.25, 0.3) is 0 Å². The molecule has 4 nitrogen and oxygen atoms in total. The maximum Gasteiger partial charge on any atom is 0.573 e. The van der Waals surface area contributed by atoms with Gasteiger partial charge in [0.2, 0.25) is 0 Å². The lowest BCUT2D eigenvalue weighted by Gasteiger charge is -2.36. The summed E-state index contributed by atoms with van der Waals surface area (Å²) in [4.78, 5) is 0. The number of hydrogen-bond acceptors (Lipinski definition) is 4. The number of rotatable bonds is 11. The van der Waals surface area contributed by atoms with Crippen LogP contribution in [0.3, 0.4) is 0 Å². The van der Waals surface area contributed by atoms with Gasteiger partial charge in [-0.15, -0.1) is 13.2 Å². The number of hydrogen-bond donors (Lipinski definition) is 0. The van der Waals surface area contributed by atoms with E-state index in [2.05, 4.69) is 18.6 Å². The molecule has 0 saturated carbocycles. The zero-order valence-electron chi connectivity index (χ0n) is 32.0. The van der Waals surface area contributed by atoms with Crippen molar-refractivity contribution >= 4 is 0 Å². The molecule has 9 heteroatoms. The van der Waals surface area contributed by atoms with Crippen molar-refractivity contribution in [1.82, 2.24) is 0 Å². The summed E-state index contributed by atoms with van der Waals surface area (Å²) in [5.74, 6) is 1.09. The van der Waals surface area contributed by atoms with Gasteiger partial charge in [0, 0.05) is 11.1 Å². The van der Waals surface area contributed by atoms with Gasteiger partial charge in [-0.05, 0) is 114 Å². The first-order valence-corrected chi connectivity index (χ1v) is 18.6. The van der Waals surface area contributed by atoms with Gasteiger partial charge in [0.05, 0.1) is 11.1 Å². The Morgan fingerprint density at radius 2 is 1.06 bits per heavy atom. The molecule has 4 aromatic rings. The summed E-state index contributed by atoms with van der Waals surface area (Å²) in [6.07, 6.45) is 2.99. The second-order valence-electron chi connectivity index (χ2n) is 15.1. The van der Waals surface area contributed by atoms with E-state index in [0.29, 0.717) is 29.0 Å². The Morgan fingerprint density at radius 1 is 0.623 bits per heavy atom. The summed E-state index contributed by atoms with van der Waals surface area (Å²) in [7, 11) is 0. The number of fused-ring (bicyclic) bond motifs is 6. The third-order valence-electron chi connectivity index (χ3n) is 9.75. The van der Waals surface area contributed by atoms with Gasteiger partial charge in [-0.2, -0.15) is 8.78 Å². The third-order valence-corrected chi connectivity index (χ3v) is 9.75. The Labute approximate surface area is 310 Å². The highest BCUT2D eigenvalue weighted by molar-refractivity contribution is 5.84. The van der Waals surface area contributed by atoms with Crippen LogP contribution in [0.2, 0.25) is 0 Å². The van der Waals surface area contributed by atoms with Crippen molar-refractivity contribution in [2.45, 2.75) is 131 Å². The molecular formula is C44H51F5O4. The standard InChI is InChI=1S/C22H25F3O2.C22H26F2O2/c1-5-6-7-8-15-12-18-20(19(13-15)27-22(23,24)25)16-11-14(2)9-10-17(16)21(3,4)26-18;1-5-6-7-8-15-12-18(25-21(23)24)20-16-11-14(2)9-10-17(16)22(3,4)26-19(20)13-15/h9-13H,5-8H2,1-4H3;9-13,21H,5-8H2,1-4H3. The molecule has 0 aromatic heterocycles. The first-order valence-electron chi connectivity index (χ1n) is 18.6. The Hall–Kier alpha value is -4.27. The van der Waals surface area contributed by atoms with Crippen molar-refractivity contribution < 1.29 is 40.9 Å². The van der Waals surface area contributed by atoms with E-state index in [0.717, 1.165) is 89.5 Å². The number of benzene rings is 4. The molecule has 0 unspecified atom stereocenters. The first-order chi connectivity index (χ1) is 24.9. The van der Waals surface area contributed by atoms with E-state index in [-0.39, 0.29) is 11.5 Å². The highest BCUT2D eigenvalue weighted by Gasteiger charge is 2.39. The minimum absolute atomic E-state index is 0.186. The van der Waals surface area contributed by atoms with E-state index >= 15 is 0 Å². The minimum atomic E-state index is -4.76. The smallest absolute Gasteiger partial charge is 0.482 e. The lowest BCUT2D eigenvalue weighted by Crippen LogP contribution is -2.30. The molecular weight excluding hydrogens is 687 g/mol. The van der Waals surface area contributed by atoms with Crippen molar-refractivity contribution in [3.05, 3.63) is 94.0 Å². The monoisotopic (exact) mass is 738 g/mol. The molecule has 4 aromatic carbocycles. The van der Waals surface area contributed by atoms with Crippen LogP contribution < -0.4 is 18.9 Å². The summed E-state index contributed by atoms with van der Waals surface area (Å²) < 4.78 is 87.1. The number of aryl methyl sites for hydroxylation is 4. The fourth-order valence-corrected chi connectivity index (χ4v) is 7.26. The van der Waals surface area contributed by atoms with Gasteiger partial charge >= 0.3 is 13.0 Å². The second-order valence-corrected chi connectivity index (χ2v) is 15.1. The molecule has 0 atom stereocenters. The number of unbranched alkanes of at least 4 members (excludes halogenated alkanes) is 4. The van der Waals surface area contributed by atoms with Gasteiger partial charge in [-0.3, -0.25) is 0 Å². The van der Waals surface area contributed by atoms with E-state index in [9.17, 15) is 22.0 Å². The zero-order valence-corrected chi connectivity index (χ0v) is 32.0. The molecule has 2 aliphatic rings. The van der Waals surface area contributed by atoms with Crippen molar-refractivity contribution in [3.8, 4) is 45.3 Å². The van der Waals surface area contributed by atoms with E-state index < -0.39 is 24.2 Å². The third kappa shape index (κ3) is 9.46. The molecule has 2 aliphatic heterocycles. The van der Waals surface area contributed by atoms with Crippen molar-refractivity contribution in [2.75, 3.05) is 0 Å². The van der Waals surface area contributed by atoms with E-state index in [1.54, 1.807) is 6.07 Å². The predicted molar refractivity (Wildman–Crippen MR) is 200 cm³/mol. The van der Waals surface area contributed by atoms with Gasteiger partial charge < -0.3 is 18.9 Å². The topological polar surface area (TPSA) is 36.9 Å². The van der Waals surface area contributed by atoms with Crippen molar-refractivity contribution in [3.63, 3.8) is 0 Å². The molecule has 0 bridgehead atoms. The van der Waals surface area contributed by atoms with Gasteiger partial charge in [-0.25, -0.2) is 0 Å². The molecule has 0 saturated heterocycles. The molecule has 0 spiro atoms. The summed E-state index contributed by atoms with van der Waals surface area (Å²) in [6, 6.07) is 18.9. The van der Waals surface area contributed by atoms with Crippen LogP contribution in [-0.2, 0) is 24.0 Å². The zero-order chi connectivity index (χ0) is 38.7. The first kappa shape index (κ1) is 39.9. The molecule has 6 rings (SSSR count). The average Bonchev–Trinajstić information content (AvgIpc) is 3.03. The van der Waals surface area contributed by atoms with Crippen LogP contribution in [0.5, 0.6) is 23.0 Å². The average molecular weight is 739 g/mol. The normalized spacial score (nSPS) is 14.8. The quantitative estimate of drug-likeness (QED) is 0.113. The van der Waals surface area contributed by atoms with Crippen LogP contribution in [-0.4, -0.2) is 13.0 Å².